The van der Waals surface area contributed by atoms with Crippen LogP contribution in [-0.4, -0.2) is 34.0 Å². The Kier molecular flexibility index (Phi) is 3.48. The van der Waals surface area contributed by atoms with E-state index in [-0.39, 0.29) is 6.42 Å². The van der Waals surface area contributed by atoms with Gasteiger partial charge in [0.1, 0.15) is 6.04 Å². The van der Waals surface area contributed by atoms with Crippen molar-refractivity contribution in [2.24, 2.45) is 5.73 Å². The number of benzene rings is 1. The maximum absolute atomic E-state index is 11.8. The van der Waals surface area contributed by atoms with Gasteiger partial charge in [-0.3, -0.25) is 4.79 Å². The molecule has 1 unspecified atom stereocenters. The van der Waals surface area contributed by atoms with E-state index < -0.39 is 23.9 Å². The van der Waals surface area contributed by atoms with Gasteiger partial charge < -0.3 is 16.2 Å². The Bertz CT molecular complexity index is 526. The zero-order valence-corrected chi connectivity index (χ0v) is 10.00. The standard InChI is InChI=1S/C12H13N3O4/c13-6-7-1-3-8(4-2-7)14-12(19)15-9(11(17)18)5-10(15)16/h1-4,9H,5-6,13H2,(H,14,19)(H,17,18). The number of carbonyl (C=O) groups is 3. The summed E-state index contributed by atoms with van der Waals surface area (Å²) in [5.41, 5.74) is 6.83. The number of likely N-dealkylation sites (tertiary alicyclic amines) is 1. The van der Waals surface area contributed by atoms with Gasteiger partial charge in [-0.15, -0.1) is 0 Å². The smallest absolute Gasteiger partial charge is 0.329 e. The molecule has 0 radical (unpaired) electrons. The van der Waals surface area contributed by atoms with Gasteiger partial charge in [0.05, 0.1) is 6.42 Å². The summed E-state index contributed by atoms with van der Waals surface area (Å²) in [7, 11) is 0. The number of hydrogen-bond acceptors (Lipinski definition) is 4. The highest BCUT2D eigenvalue weighted by molar-refractivity contribution is 6.09. The number of nitrogens with zero attached hydrogens (tertiary/aromatic N) is 1. The lowest BCUT2D eigenvalue weighted by Gasteiger charge is -2.35. The minimum Gasteiger partial charge on any atom is -0.480 e. The van der Waals surface area contributed by atoms with Crippen LogP contribution < -0.4 is 11.1 Å². The summed E-state index contributed by atoms with van der Waals surface area (Å²) in [6, 6.07) is 4.95. The molecule has 1 aromatic rings. The third kappa shape index (κ3) is 2.55. The van der Waals surface area contributed by atoms with Gasteiger partial charge in [-0.25, -0.2) is 14.5 Å². The highest BCUT2D eigenvalue weighted by atomic mass is 16.4. The Morgan fingerprint density at radius 1 is 1.37 bits per heavy atom. The minimum atomic E-state index is -1.19. The number of urea groups is 1. The van der Waals surface area contributed by atoms with Crippen molar-refractivity contribution in [1.82, 2.24) is 4.90 Å². The molecule has 0 spiro atoms. The van der Waals surface area contributed by atoms with Gasteiger partial charge in [-0.2, -0.15) is 0 Å². The number of anilines is 1. The van der Waals surface area contributed by atoms with E-state index in [1.54, 1.807) is 24.3 Å². The molecule has 7 heteroatoms. The van der Waals surface area contributed by atoms with Gasteiger partial charge in [0.2, 0.25) is 5.91 Å². The number of nitrogens with one attached hydrogen (secondary N) is 1. The van der Waals surface area contributed by atoms with Crippen LogP contribution in [0.1, 0.15) is 12.0 Å². The zero-order valence-electron chi connectivity index (χ0n) is 10.00. The molecule has 1 saturated heterocycles. The second-order valence-corrected chi connectivity index (χ2v) is 4.15. The molecule has 19 heavy (non-hydrogen) atoms. The van der Waals surface area contributed by atoms with E-state index in [1.165, 1.54) is 0 Å². The van der Waals surface area contributed by atoms with Crippen molar-refractivity contribution >= 4 is 23.6 Å². The van der Waals surface area contributed by atoms with E-state index in [4.69, 9.17) is 10.8 Å². The van der Waals surface area contributed by atoms with Gasteiger partial charge in [-0.1, -0.05) is 12.1 Å². The summed E-state index contributed by atoms with van der Waals surface area (Å²) in [5, 5.41) is 11.3. The van der Waals surface area contributed by atoms with Crippen molar-refractivity contribution in [3.8, 4) is 0 Å². The van der Waals surface area contributed by atoms with Crippen molar-refractivity contribution in [2.75, 3.05) is 5.32 Å². The highest BCUT2D eigenvalue weighted by Gasteiger charge is 2.45. The summed E-state index contributed by atoms with van der Waals surface area (Å²) in [6.07, 6.45) is -0.144. The Morgan fingerprint density at radius 3 is 2.47 bits per heavy atom. The maximum Gasteiger partial charge on any atom is 0.329 e. The van der Waals surface area contributed by atoms with E-state index in [1.807, 2.05) is 0 Å². The first-order valence-corrected chi connectivity index (χ1v) is 5.68. The molecule has 0 bridgehead atoms. The number of amides is 3. The summed E-state index contributed by atoms with van der Waals surface area (Å²) in [4.78, 5) is 34.5. The molecule has 100 valence electrons. The molecule has 1 heterocycles. The summed E-state index contributed by atoms with van der Waals surface area (Å²) >= 11 is 0. The van der Waals surface area contributed by atoms with Crippen molar-refractivity contribution < 1.29 is 19.5 Å². The average Bonchev–Trinajstić information content (AvgIpc) is 2.36. The number of aliphatic carboxylic acids is 1. The maximum atomic E-state index is 11.8. The normalized spacial score (nSPS) is 17.8. The molecule has 1 atom stereocenters. The second-order valence-electron chi connectivity index (χ2n) is 4.15. The molecule has 1 fully saturated rings. The van der Waals surface area contributed by atoms with Crippen LogP contribution in [0, 0.1) is 0 Å². The fourth-order valence-electron chi connectivity index (χ4n) is 1.78. The molecule has 3 amide bonds. The molecule has 0 saturated carbocycles. The summed E-state index contributed by atoms with van der Waals surface area (Å²) < 4.78 is 0. The molecule has 1 aliphatic rings. The van der Waals surface area contributed by atoms with Crippen LogP contribution in [0.2, 0.25) is 0 Å². The van der Waals surface area contributed by atoms with E-state index in [0.717, 1.165) is 5.56 Å². The lowest BCUT2D eigenvalue weighted by atomic mass is 10.0. The number of nitrogens with two attached hydrogens (primary N) is 1. The molecular formula is C12H13N3O4. The molecule has 1 aliphatic heterocycles. The first-order valence-electron chi connectivity index (χ1n) is 5.68. The van der Waals surface area contributed by atoms with Crippen molar-refractivity contribution in [1.29, 1.82) is 0 Å². The van der Waals surface area contributed by atoms with Gasteiger partial charge >= 0.3 is 12.0 Å². The highest BCUT2D eigenvalue weighted by Crippen LogP contribution is 2.21. The predicted molar refractivity (Wildman–Crippen MR) is 66.2 cm³/mol. The topological polar surface area (TPSA) is 113 Å². The average molecular weight is 263 g/mol. The molecule has 4 N–H and O–H groups in total. The van der Waals surface area contributed by atoms with E-state index in [0.29, 0.717) is 17.1 Å². The van der Waals surface area contributed by atoms with E-state index >= 15 is 0 Å². The SMILES string of the molecule is NCc1ccc(NC(=O)N2C(=O)CC2C(=O)O)cc1. The monoisotopic (exact) mass is 263 g/mol. The second kappa shape index (κ2) is 5.07. The van der Waals surface area contributed by atoms with Gasteiger partial charge in [0, 0.05) is 12.2 Å². The van der Waals surface area contributed by atoms with Gasteiger partial charge in [0.25, 0.3) is 0 Å². The van der Waals surface area contributed by atoms with Crippen LogP contribution in [0.5, 0.6) is 0 Å². The molecule has 7 nitrogen and oxygen atoms in total. The van der Waals surface area contributed by atoms with Crippen LogP contribution in [-0.2, 0) is 16.1 Å². The Labute approximate surface area is 109 Å². The van der Waals surface area contributed by atoms with Crippen molar-refractivity contribution in [3.05, 3.63) is 29.8 Å². The van der Waals surface area contributed by atoms with E-state index in [2.05, 4.69) is 5.32 Å². The Hall–Kier alpha value is -2.41. The third-order valence-electron chi connectivity index (χ3n) is 2.89. The molecular weight excluding hydrogens is 250 g/mol. The number of rotatable bonds is 3. The molecule has 0 aliphatic carbocycles. The number of imide groups is 1. The first-order chi connectivity index (χ1) is 9.02. The fraction of sp³-hybridized carbons (Fsp3) is 0.250. The fourth-order valence-corrected chi connectivity index (χ4v) is 1.78. The lowest BCUT2D eigenvalue weighted by molar-refractivity contribution is -0.157. The van der Waals surface area contributed by atoms with Gasteiger partial charge in [-0.05, 0) is 17.7 Å². The van der Waals surface area contributed by atoms with E-state index in [9.17, 15) is 14.4 Å². The molecule has 0 aromatic heterocycles. The first kappa shape index (κ1) is 13.0. The number of carbonyl (C=O) groups excluding carboxylic acids is 2. The summed E-state index contributed by atoms with van der Waals surface area (Å²) in [5.74, 6) is -1.68. The zero-order chi connectivity index (χ0) is 14.0. The number of β-lactam (4-membered cyclic amide) rings is 1. The van der Waals surface area contributed by atoms with Crippen molar-refractivity contribution in [2.45, 2.75) is 19.0 Å². The Morgan fingerprint density at radius 2 is 2.00 bits per heavy atom. The number of hydrogen-bond donors (Lipinski definition) is 3. The van der Waals surface area contributed by atoms with Gasteiger partial charge in [0.15, 0.2) is 0 Å². The quantitative estimate of drug-likeness (QED) is 0.681. The minimum absolute atomic E-state index is 0.144. The van der Waals surface area contributed by atoms with Crippen LogP contribution in [0.15, 0.2) is 24.3 Å². The molecule has 2 rings (SSSR count). The largest absolute Gasteiger partial charge is 0.480 e. The van der Waals surface area contributed by atoms with Crippen molar-refractivity contribution in [3.63, 3.8) is 0 Å². The Balaban J connectivity index is 2.04. The van der Waals surface area contributed by atoms with Crippen LogP contribution >= 0.6 is 0 Å². The lowest BCUT2D eigenvalue weighted by Crippen LogP contribution is -2.60. The number of carboxylic acids is 1. The van der Waals surface area contributed by atoms with Crippen LogP contribution in [0.3, 0.4) is 0 Å². The third-order valence-corrected chi connectivity index (χ3v) is 2.89. The number of carboxylic acid groups (broad SMARTS) is 1. The molecule has 1 aromatic carbocycles. The predicted octanol–water partition coefficient (Wildman–Crippen LogP) is 0.363. The van der Waals surface area contributed by atoms with Crippen LogP contribution in [0.25, 0.3) is 0 Å². The summed E-state index contributed by atoms with van der Waals surface area (Å²) in [6.45, 7) is 0.389. The van der Waals surface area contributed by atoms with Crippen LogP contribution in [0.4, 0.5) is 10.5 Å².